The van der Waals surface area contributed by atoms with E-state index in [9.17, 15) is 19.5 Å². The molecule has 0 aliphatic carbocycles. The van der Waals surface area contributed by atoms with Crippen LogP contribution in [0.4, 0.5) is 0 Å². The highest BCUT2D eigenvalue weighted by atomic mass is 32.2. The number of furan rings is 1. The number of hydrogen-bond donors (Lipinski definition) is 3. The molecule has 3 aromatic carbocycles. The van der Waals surface area contributed by atoms with Crippen LogP contribution in [-0.4, -0.2) is 63.6 Å². The molecular weight excluding hydrogens is 578 g/mol. The van der Waals surface area contributed by atoms with Gasteiger partial charge in [0.2, 0.25) is 5.91 Å². The second-order valence-corrected chi connectivity index (χ2v) is 13.0. The zero-order chi connectivity index (χ0) is 31.4. The van der Waals surface area contributed by atoms with Gasteiger partial charge in [-0.15, -0.1) is 11.8 Å². The molecule has 0 spiro atoms. The summed E-state index contributed by atoms with van der Waals surface area (Å²) in [5.74, 6) is -0.789. The topological polar surface area (TPSA) is 121 Å². The Kier molecular flexibility index (Phi) is 9.31. The van der Waals surface area contributed by atoms with Crippen LogP contribution in [0, 0.1) is 6.92 Å². The van der Waals surface area contributed by atoms with Gasteiger partial charge in [-0.05, 0) is 56.0 Å². The van der Waals surface area contributed by atoms with Gasteiger partial charge >= 0.3 is 0 Å². The van der Waals surface area contributed by atoms with Gasteiger partial charge in [0.1, 0.15) is 6.04 Å². The Bertz CT molecular complexity index is 1650. The number of methoxy groups -OCH3 is 1. The minimum atomic E-state index is -1.63. The van der Waals surface area contributed by atoms with Crippen LogP contribution in [0.1, 0.15) is 41.1 Å². The first-order valence-corrected chi connectivity index (χ1v) is 15.4. The van der Waals surface area contributed by atoms with Crippen molar-refractivity contribution in [1.82, 2.24) is 15.5 Å². The Hall–Kier alpha value is -4.28. The van der Waals surface area contributed by atoms with Gasteiger partial charge in [-0.3, -0.25) is 14.4 Å². The van der Waals surface area contributed by atoms with E-state index < -0.39 is 34.7 Å². The van der Waals surface area contributed by atoms with E-state index in [-0.39, 0.29) is 24.0 Å². The van der Waals surface area contributed by atoms with E-state index in [1.165, 1.54) is 23.8 Å². The Morgan fingerprint density at radius 1 is 1.07 bits per heavy atom. The van der Waals surface area contributed by atoms with Crippen LogP contribution in [0.25, 0.3) is 11.0 Å². The summed E-state index contributed by atoms with van der Waals surface area (Å²) in [5, 5.41) is 18.0. The van der Waals surface area contributed by atoms with Crippen molar-refractivity contribution in [2.75, 3.05) is 13.0 Å². The number of nitrogens with zero attached hydrogens (tertiary/aromatic N) is 1. The lowest BCUT2D eigenvalue weighted by Gasteiger charge is -2.33. The maximum absolute atomic E-state index is 13.9. The number of nitrogens with one attached hydrogen (secondary N) is 2. The van der Waals surface area contributed by atoms with Crippen LogP contribution < -0.4 is 15.4 Å². The summed E-state index contributed by atoms with van der Waals surface area (Å²) < 4.78 is 10.6. The number of carbonyl (C=O) groups is 3. The third-order valence-electron chi connectivity index (χ3n) is 7.99. The predicted octanol–water partition coefficient (Wildman–Crippen LogP) is 4.45. The van der Waals surface area contributed by atoms with Gasteiger partial charge in [0.25, 0.3) is 11.8 Å². The standard InChI is InChI=1S/C34H37N3O6S/c1-21-11-8-9-14-24(21)19-35-32(40)30-34(2,3)44-20-37(30)33(41)28(38)25(17-22-12-6-5-7-13-22)36-31(39)27-18-23-15-10-16-26(42-4)29(23)43-27/h5-16,18,25,28,30,38H,17,19-20H2,1-4H3,(H,35,40)(H,36,39)/t25-,28-,30+/m0/s1. The summed E-state index contributed by atoms with van der Waals surface area (Å²) >= 11 is 1.47. The Balaban J connectivity index is 1.37. The van der Waals surface area contributed by atoms with Crippen LogP contribution in [0.15, 0.2) is 83.3 Å². The number of fused-ring (bicyclic) bond motifs is 1. The van der Waals surface area contributed by atoms with Crippen molar-refractivity contribution in [1.29, 1.82) is 0 Å². The van der Waals surface area contributed by atoms with Gasteiger partial charge in [0.15, 0.2) is 23.2 Å². The molecule has 1 aliphatic rings. The van der Waals surface area contributed by atoms with E-state index in [4.69, 9.17) is 9.15 Å². The number of ether oxygens (including phenoxy) is 1. The number of benzene rings is 3. The Morgan fingerprint density at radius 3 is 2.52 bits per heavy atom. The van der Waals surface area contributed by atoms with Crippen LogP contribution in [0.3, 0.4) is 0 Å². The van der Waals surface area contributed by atoms with E-state index in [2.05, 4.69) is 10.6 Å². The van der Waals surface area contributed by atoms with Crippen molar-refractivity contribution in [2.24, 2.45) is 0 Å². The lowest BCUT2D eigenvalue weighted by molar-refractivity contribution is -0.147. The van der Waals surface area contributed by atoms with Crippen molar-refractivity contribution < 1.29 is 28.6 Å². The van der Waals surface area contributed by atoms with Crippen molar-refractivity contribution in [3.05, 3.63) is 101 Å². The zero-order valence-electron chi connectivity index (χ0n) is 25.2. The molecule has 230 valence electrons. The number of rotatable bonds is 10. The average molecular weight is 616 g/mol. The van der Waals surface area contributed by atoms with E-state index in [0.29, 0.717) is 23.3 Å². The zero-order valence-corrected chi connectivity index (χ0v) is 26.0. The number of aliphatic hydroxyl groups is 1. The van der Waals surface area contributed by atoms with Gasteiger partial charge in [-0.1, -0.05) is 66.7 Å². The lowest BCUT2D eigenvalue weighted by Crippen LogP contribution is -2.58. The van der Waals surface area contributed by atoms with Crippen molar-refractivity contribution in [3.63, 3.8) is 0 Å². The van der Waals surface area contributed by atoms with Gasteiger partial charge in [-0.2, -0.15) is 0 Å². The second-order valence-electron chi connectivity index (χ2n) is 11.4. The highest BCUT2D eigenvalue weighted by Gasteiger charge is 2.49. The first-order chi connectivity index (χ1) is 21.1. The molecule has 1 aromatic heterocycles. The molecule has 0 bridgehead atoms. The summed E-state index contributed by atoms with van der Waals surface area (Å²) in [6.07, 6.45) is -1.45. The van der Waals surface area contributed by atoms with Crippen LogP contribution >= 0.6 is 11.8 Å². The third kappa shape index (κ3) is 6.61. The van der Waals surface area contributed by atoms with Crippen molar-refractivity contribution in [3.8, 4) is 5.75 Å². The number of carbonyl (C=O) groups excluding carboxylic acids is 3. The van der Waals surface area contributed by atoms with E-state index >= 15 is 0 Å². The molecule has 9 nitrogen and oxygen atoms in total. The van der Waals surface area contributed by atoms with E-state index in [0.717, 1.165) is 16.7 Å². The SMILES string of the molecule is COc1cccc2cc(C(=O)N[C@@H](Cc3ccccc3)[C@H](O)C(=O)N3CSC(C)(C)[C@H]3C(=O)NCc3ccccc3C)oc12. The molecule has 3 atom stereocenters. The monoisotopic (exact) mass is 615 g/mol. The minimum absolute atomic E-state index is 0.0218. The van der Waals surface area contributed by atoms with Crippen LogP contribution in [0.2, 0.25) is 0 Å². The minimum Gasteiger partial charge on any atom is -0.493 e. The first kappa shape index (κ1) is 31.2. The number of para-hydroxylation sites is 1. The molecule has 1 saturated heterocycles. The van der Waals surface area contributed by atoms with Gasteiger partial charge < -0.3 is 29.8 Å². The molecule has 0 saturated carbocycles. The molecule has 44 heavy (non-hydrogen) atoms. The summed E-state index contributed by atoms with van der Waals surface area (Å²) in [6, 6.07) is 22.2. The quantitative estimate of drug-likeness (QED) is 0.241. The first-order valence-electron chi connectivity index (χ1n) is 14.4. The molecule has 10 heteroatoms. The maximum Gasteiger partial charge on any atom is 0.287 e. The smallest absolute Gasteiger partial charge is 0.287 e. The molecular formula is C34H37N3O6S. The number of aryl methyl sites for hydroxylation is 1. The fourth-order valence-electron chi connectivity index (χ4n) is 5.50. The summed E-state index contributed by atoms with van der Waals surface area (Å²) in [4.78, 5) is 42.3. The highest BCUT2D eigenvalue weighted by molar-refractivity contribution is 8.00. The molecule has 0 radical (unpaired) electrons. The lowest BCUT2D eigenvalue weighted by atomic mass is 9.97. The van der Waals surface area contributed by atoms with E-state index in [1.807, 2.05) is 75.4 Å². The van der Waals surface area contributed by atoms with Gasteiger partial charge in [-0.25, -0.2) is 0 Å². The van der Waals surface area contributed by atoms with Crippen molar-refractivity contribution >= 4 is 40.5 Å². The average Bonchev–Trinajstić information content (AvgIpc) is 3.60. The molecule has 4 aromatic rings. The summed E-state index contributed by atoms with van der Waals surface area (Å²) in [7, 11) is 1.52. The third-order valence-corrected chi connectivity index (χ3v) is 9.37. The van der Waals surface area contributed by atoms with Gasteiger partial charge in [0.05, 0.1) is 19.0 Å². The number of amides is 3. The molecule has 0 unspecified atom stereocenters. The fraction of sp³-hybridized carbons (Fsp3) is 0.324. The molecule has 1 aliphatic heterocycles. The number of thioether (sulfide) groups is 1. The van der Waals surface area contributed by atoms with Crippen LogP contribution in [-0.2, 0) is 22.6 Å². The molecule has 1 fully saturated rings. The highest BCUT2D eigenvalue weighted by Crippen LogP contribution is 2.40. The fourth-order valence-corrected chi connectivity index (χ4v) is 6.64. The van der Waals surface area contributed by atoms with Gasteiger partial charge in [0, 0.05) is 16.7 Å². The Morgan fingerprint density at radius 2 is 1.80 bits per heavy atom. The predicted molar refractivity (Wildman–Crippen MR) is 170 cm³/mol. The molecule has 3 amide bonds. The van der Waals surface area contributed by atoms with Crippen LogP contribution in [0.5, 0.6) is 5.75 Å². The van der Waals surface area contributed by atoms with Crippen molar-refractivity contribution in [2.45, 2.75) is 56.7 Å². The Labute approximate surface area is 260 Å². The normalized spacial score (nSPS) is 17.2. The maximum atomic E-state index is 13.9. The summed E-state index contributed by atoms with van der Waals surface area (Å²) in [6.45, 7) is 6.12. The molecule has 5 rings (SSSR count). The number of aliphatic hydroxyl groups excluding tert-OH is 1. The summed E-state index contributed by atoms with van der Waals surface area (Å²) in [5.41, 5.74) is 3.28. The second kappa shape index (κ2) is 13.2. The molecule has 2 heterocycles. The largest absolute Gasteiger partial charge is 0.493 e. The molecule has 3 N–H and O–H groups in total. The number of hydrogen-bond acceptors (Lipinski definition) is 7. The van der Waals surface area contributed by atoms with E-state index in [1.54, 1.807) is 24.3 Å².